The fraction of sp³-hybridized carbons (Fsp3) is 0.778. The summed E-state index contributed by atoms with van der Waals surface area (Å²) < 4.78 is 1.17. The van der Waals surface area contributed by atoms with Crippen LogP contribution in [0.15, 0.2) is 12.3 Å². The van der Waals surface area contributed by atoms with Crippen molar-refractivity contribution in [2.24, 2.45) is 0 Å². The second-order valence-electron chi connectivity index (χ2n) is 3.43. The van der Waals surface area contributed by atoms with Gasteiger partial charge in [0.05, 0.1) is 26.3 Å². The van der Waals surface area contributed by atoms with E-state index in [1.54, 1.807) is 0 Å². The molecule has 1 saturated heterocycles. The summed E-state index contributed by atoms with van der Waals surface area (Å²) in [7, 11) is 2.32. The van der Waals surface area contributed by atoms with Gasteiger partial charge in [0.1, 0.15) is 0 Å². The highest BCUT2D eigenvalue weighted by atomic mass is 15.3. The monoisotopic (exact) mass is 140 g/mol. The SMILES string of the molecule is CCC=C[N+]1(C)CCCC1. The lowest BCUT2D eigenvalue weighted by Crippen LogP contribution is -2.34. The third kappa shape index (κ3) is 1.84. The van der Waals surface area contributed by atoms with Gasteiger partial charge in [-0.2, -0.15) is 0 Å². The molecule has 1 nitrogen and oxygen atoms in total. The molecule has 0 aromatic carbocycles. The molecule has 0 saturated carbocycles. The van der Waals surface area contributed by atoms with Gasteiger partial charge in [0.2, 0.25) is 0 Å². The van der Waals surface area contributed by atoms with Crippen molar-refractivity contribution in [1.82, 2.24) is 0 Å². The Labute approximate surface area is 63.9 Å². The molecule has 0 atom stereocenters. The van der Waals surface area contributed by atoms with Gasteiger partial charge in [-0.1, -0.05) is 6.92 Å². The van der Waals surface area contributed by atoms with Crippen LogP contribution in [-0.4, -0.2) is 24.6 Å². The predicted molar refractivity (Wildman–Crippen MR) is 44.6 cm³/mol. The van der Waals surface area contributed by atoms with Gasteiger partial charge in [-0.15, -0.1) is 0 Å². The summed E-state index contributed by atoms with van der Waals surface area (Å²) in [5, 5.41) is 0. The van der Waals surface area contributed by atoms with Crippen molar-refractivity contribution in [3.8, 4) is 0 Å². The minimum atomic E-state index is 1.17. The largest absolute Gasteiger partial charge is 0.300 e. The van der Waals surface area contributed by atoms with Crippen LogP contribution in [0.2, 0.25) is 0 Å². The highest BCUT2D eigenvalue weighted by molar-refractivity contribution is 4.73. The molecule has 10 heavy (non-hydrogen) atoms. The van der Waals surface area contributed by atoms with E-state index < -0.39 is 0 Å². The molecule has 58 valence electrons. The van der Waals surface area contributed by atoms with E-state index in [1.165, 1.54) is 36.8 Å². The standard InChI is InChI=1S/C9H18N/c1-3-4-7-10(2)8-5-6-9-10/h4,7H,3,5-6,8-9H2,1-2H3/q+1. The van der Waals surface area contributed by atoms with Crippen LogP contribution >= 0.6 is 0 Å². The summed E-state index contributed by atoms with van der Waals surface area (Å²) in [4.78, 5) is 0. The van der Waals surface area contributed by atoms with E-state index in [0.29, 0.717) is 0 Å². The zero-order chi connectivity index (χ0) is 7.45. The quantitative estimate of drug-likeness (QED) is 0.516. The smallest absolute Gasteiger partial charge is 0.0915 e. The van der Waals surface area contributed by atoms with Crippen molar-refractivity contribution >= 4 is 0 Å². The van der Waals surface area contributed by atoms with Gasteiger partial charge in [-0.3, -0.25) is 4.48 Å². The van der Waals surface area contributed by atoms with E-state index in [4.69, 9.17) is 0 Å². The molecule has 0 aromatic rings. The minimum absolute atomic E-state index is 1.17. The van der Waals surface area contributed by atoms with E-state index in [0.717, 1.165) is 0 Å². The van der Waals surface area contributed by atoms with Crippen LogP contribution < -0.4 is 0 Å². The third-order valence-electron chi connectivity index (χ3n) is 2.29. The second-order valence-corrected chi connectivity index (χ2v) is 3.43. The number of hydrogen-bond acceptors (Lipinski definition) is 0. The Kier molecular flexibility index (Phi) is 2.50. The molecule has 1 aliphatic rings. The van der Waals surface area contributed by atoms with Crippen molar-refractivity contribution in [3.05, 3.63) is 12.3 Å². The van der Waals surface area contributed by atoms with Crippen LogP contribution in [0, 0.1) is 0 Å². The summed E-state index contributed by atoms with van der Waals surface area (Å²) in [6.45, 7) is 4.88. The van der Waals surface area contributed by atoms with Crippen molar-refractivity contribution in [1.29, 1.82) is 0 Å². The van der Waals surface area contributed by atoms with Gasteiger partial charge in [0.25, 0.3) is 0 Å². The molecule has 0 N–H and O–H groups in total. The molecule has 0 spiro atoms. The van der Waals surface area contributed by atoms with Gasteiger partial charge >= 0.3 is 0 Å². The molecular weight excluding hydrogens is 122 g/mol. The van der Waals surface area contributed by atoms with Crippen LogP contribution in [0.25, 0.3) is 0 Å². The Hall–Kier alpha value is -0.300. The molecule has 0 radical (unpaired) electrons. The first-order chi connectivity index (χ1) is 4.77. The lowest BCUT2D eigenvalue weighted by atomic mass is 10.4. The Morgan fingerprint density at radius 1 is 1.30 bits per heavy atom. The first-order valence-corrected chi connectivity index (χ1v) is 4.29. The number of rotatable bonds is 2. The molecule has 1 rings (SSSR count). The third-order valence-corrected chi connectivity index (χ3v) is 2.29. The summed E-state index contributed by atoms with van der Waals surface area (Å²) in [6, 6.07) is 0. The average Bonchev–Trinajstić information content (AvgIpc) is 2.33. The second kappa shape index (κ2) is 3.20. The number of likely N-dealkylation sites (tertiary alicyclic amines) is 1. The summed E-state index contributed by atoms with van der Waals surface area (Å²) in [5.74, 6) is 0. The van der Waals surface area contributed by atoms with Crippen LogP contribution in [0.5, 0.6) is 0 Å². The predicted octanol–water partition coefficient (Wildman–Crippen LogP) is 2.15. The lowest BCUT2D eigenvalue weighted by Gasteiger charge is -2.23. The average molecular weight is 140 g/mol. The Bertz CT molecular complexity index is 121. The highest BCUT2D eigenvalue weighted by Crippen LogP contribution is 2.16. The molecule has 0 aliphatic carbocycles. The normalized spacial score (nSPS) is 24.2. The maximum Gasteiger partial charge on any atom is 0.0915 e. The Morgan fingerprint density at radius 2 is 1.90 bits per heavy atom. The first kappa shape index (κ1) is 7.80. The molecule has 1 aliphatic heterocycles. The zero-order valence-electron chi connectivity index (χ0n) is 7.14. The van der Waals surface area contributed by atoms with Gasteiger partial charge in [-0.05, 0) is 12.5 Å². The van der Waals surface area contributed by atoms with Gasteiger partial charge in [0, 0.05) is 12.8 Å². The molecule has 0 aromatic heterocycles. The zero-order valence-corrected chi connectivity index (χ0v) is 7.14. The Morgan fingerprint density at radius 3 is 2.40 bits per heavy atom. The van der Waals surface area contributed by atoms with Gasteiger partial charge < -0.3 is 0 Å². The molecular formula is C9H18N+. The molecule has 0 bridgehead atoms. The number of quaternary nitrogens is 1. The van der Waals surface area contributed by atoms with E-state index in [9.17, 15) is 0 Å². The van der Waals surface area contributed by atoms with Crippen LogP contribution in [0.4, 0.5) is 0 Å². The Balaban J connectivity index is 2.43. The summed E-state index contributed by atoms with van der Waals surface area (Å²) in [6.07, 6.45) is 8.63. The van der Waals surface area contributed by atoms with E-state index in [1.807, 2.05) is 0 Å². The van der Waals surface area contributed by atoms with Crippen molar-refractivity contribution < 1.29 is 4.48 Å². The minimum Gasteiger partial charge on any atom is -0.300 e. The van der Waals surface area contributed by atoms with E-state index in [2.05, 4.69) is 26.2 Å². The lowest BCUT2D eigenvalue weighted by molar-refractivity contribution is -0.846. The first-order valence-electron chi connectivity index (χ1n) is 4.29. The number of hydrogen-bond donors (Lipinski definition) is 0. The number of allylic oxidation sites excluding steroid dienone is 1. The molecule has 1 heterocycles. The summed E-state index contributed by atoms with van der Waals surface area (Å²) in [5.41, 5.74) is 0. The highest BCUT2D eigenvalue weighted by Gasteiger charge is 2.23. The van der Waals surface area contributed by atoms with E-state index >= 15 is 0 Å². The van der Waals surface area contributed by atoms with Crippen molar-refractivity contribution in [3.63, 3.8) is 0 Å². The van der Waals surface area contributed by atoms with Crippen LogP contribution in [0.3, 0.4) is 0 Å². The van der Waals surface area contributed by atoms with Gasteiger partial charge in [0.15, 0.2) is 0 Å². The molecule has 0 unspecified atom stereocenters. The summed E-state index contributed by atoms with van der Waals surface area (Å²) >= 11 is 0. The van der Waals surface area contributed by atoms with Crippen molar-refractivity contribution in [2.75, 3.05) is 20.1 Å². The fourth-order valence-electron chi connectivity index (χ4n) is 1.57. The van der Waals surface area contributed by atoms with Crippen molar-refractivity contribution in [2.45, 2.75) is 26.2 Å². The van der Waals surface area contributed by atoms with E-state index in [-0.39, 0.29) is 0 Å². The molecule has 1 fully saturated rings. The topological polar surface area (TPSA) is 0 Å². The van der Waals surface area contributed by atoms with Gasteiger partial charge in [-0.25, -0.2) is 0 Å². The fourth-order valence-corrected chi connectivity index (χ4v) is 1.57. The van der Waals surface area contributed by atoms with Crippen LogP contribution in [-0.2, 0) is 0 Å². The molecule has 1 heteroatoms. The molecule has 0 amide bonds. The number of nitrogens with zero attached hydrogens (tertiary/aromatic N) is 1. The maximum atomic E-state index is 2.35. The van der Waals surface area contributed by atoms with Crippen LogP contribution in [0.1, 0.15) is 26.2 Å². The maximum absolute atomic E-state index is 2.35.